The number of hydrogen-bond acceptors (Lipinski definition) is 1. The minimum absolute atomic E-state index is 0.0133. The van der Waals surface area contributed by atoms with Crippen LogP contribution in [0.4, 0.5) is 8.78 Å². The second-order valence-electron chi connectivity index (χ2n) is 3.56. The number of ketones is 1. The molecule has 2 aromatic rings. The fraction of sp³-hybridized carbons (Fsp3) is 0. The summed E-state index contributed by atoms with van der Waals surface area (Å²) in [4.78, 5) is 12.1. The Morgan fingerprint density at radius 3 is 2.39 bits per heavy atom. The van der Waals surface area contributed by atoms with Crippen LogP contribution in [0.3, 0.4) is 0 Å². The third kappa shape index (κ3) is 2.37. The van der Waals surface area contributed by atoms with Crippen LogP contribution in [-0.2, 0) is 0 Å². The predicted molar refractivity (Wildman–Crippen MR) is 66.3 cm³/mol. The molecule has 0 N–H and O–H groups in total. The van der Waals surface area contributed by atoms with E-state index < -0.39 is 17.4 Å². The summed E-state index contributed by atoms with van der Waals surface area (Å²) >= 11 is 11.3. The molecule has 0 bridgehead atoms. The van der Waals surface area contributed by atoms with E-state index in [4.69, 9.17) is 23.2 Å². The van der Waals surface area contributed by atoms with Gasteiger partial charge in [-0.05, 0) is 30.3 Å². The van der Waals surface area contributed by atoms with Crippen molar-refractivity contribution in [2.24, 2.45) is 0 Å². The van der Waals surface area contributed by atoms with E-state index in [0.717, 1.165) is 12.1 Å². The maximum absolute atomic E-state index is 13.2. The highest BCUT2D eigenvalue weighted by Crippen LogP contribution is 2.24. The highest BCUT2D eigenvalue weighted by Gasteiger charge is 2.16. The molecule has 18 heavy (non-hydrogen) atoms. The molecular formula is C13H6Cl2F2O. The first kappa shape index (κ1) is 13.0. The molecule has 0 atom stereocenters. The molecular weight excluding hydrogens is 281 g/mol. The van der Waals surface area contributed by atoms with Crippen molar-refractivity contribution in [3.05, 3.63) is 69.2 Å². The maximum Gasteiger partial charge on any atom is 0.194 e. The topological polar surface area (TPSA) is 17.1 Å². The normalized spacial score (nSPS) is 10.4. The average Bonchev–Trinajstić information content (AvgIpc) is 2.35. The predicted octanol–water partition coefficient (Wildman–Crippen LogP) is 4.50. The van der Waals surface area contributed by atoms with Crippen LogP contribution in [0.15, 0.2) is 36.4 Å². The van der Waals surface area contributed by atoms with E-state index in [1.165, 1.54) is 24.3 Å². The van der Waals surface area contributed by atoms with Gasteiger partial charge < -0.3 is 0 Å². The third-order valence-electron chi connectivity index (χ3n) is 2.38. The molecule has 0 saturated heterocycles. The lowest BCUT2D eigenvalue weighted by Crippen LogP contribution is -2.03. The van der Waals surface area contributed by atoms with Gasteiger partial charge in [0.1, 0.15) is 11.6 Å². The Morgan fingerprint density at radius 1 is 1.00 bits per heavy atom. The van der Waals surface area contributed by atoms with Crippen molar-refractivity contribution in [1.82, 2.24) is 0 Å². The molecule has 0 aliphatic carbocycles. The van der Waals surface area contributed by atoms with E-state index in [9.17, 15) is 13.6 Å². The van der Waals surface area contributed by atoms with E-state index in [2.05, 4.69) is 0 Å². The highest BCUT2D eigenvalue weighted by molar-refractivity contribution is 6.35. The lowest BCUT2D eigenvalue weighted by atomic mass is 10.0. The zero-order valence-electron chi connectivity index (χ0n) is 8.88. The summed E-state index contributed by atoms with van der Waals surface area (Å²) < 4.78 is 26.2. The Hall–Kier alpha value is -1.45. The summed E-state index contributed by atoms with van der Waals surface area (Å²) in [5.74, 6) is -1.82. The molecule has 0 spiro atoms. The Balaban J connectivity index is 2.48. The Kier molecular flexibility index (Phi) is 3.64. The fourth-order valence-corrected chi connectivity index (χ4v) is 1.86. The lowest BCUT2D eigenvalue weighted by Gasteiger charge is -2.05. The van der Waals surface area contributed by atoms with E-state index in [-0.39, 0.29) is 21.2 Å². The van der Waals surface area contributed by atoms with Crippen LogP contribution >= 0.6 is 23.2 Å². The van der Waals surface area contributed by atoms with E-state index in [1.807, 2.05) is 0 Å². The fourth-order valence-electron chi connectivity index (χ4n) is 1.47. The molecule has 92 valence electrons. The number of carbonyl (C=O) groups is 1. The second-order valence-corrected chi connectivity index (χ2v) is 4.34. The van der Waals surface area contributed by atoms with Crippen molar-refractivity contribution in [3.63, 3.8) is 0 Å². The molecule has 2 rings (SSSR count). The molecule has 0 heterocycles. The van der Waals surface area contributed by atoms with Crippen LogP contribution in [0.5, 0.6) is 0 Å². The Labute approximate surface area is 112 Å². The van der Waals surface area contributed by atoms with Gasteiger partial charge in [0.25, 0.3) is 0 Å². The monoisotopic (exact) mass is 286 g/mol. The molecule has 5 heteroatoms. The van der Waals surface area contributed by atoms with Gasteiger partial charge in [-0.25, -0.2) is 8.78 Å². The third-order valence-corrected chi connectivity index (χ3v) is 3.05. The summed E-state index contributed by atoms with van der Waals surface area (Å²) in [6.45, 7) is 0. The summed E-state index contributed by atoms with van der Waals surface area (Å²) in [6, 6.07) is 7.44. The zero-order chi connectivity index (χ0) is 13.3. The van der Waals surface area contributed by atoms with Gasteiger partial charge in [0.05, 0.1) is 10.0 Å². The number of hydrogen-bond donors (Lipinski definition) is 0. The van der Waals surface area contributed by atoms with Crippen LogP contribution in [0, 0.1) is 11.6 Å². The first-order valence-electron chi connectivity index (χ1n) is 4.94. The number of halogens is 4. The number of carbonyl (C=O) groups excluding carboxylic acids is 1. The second kappa shape index (κ2) is 5.04. The van der Waals surface area contributed by atoms with Crippen LogP contribution < -0.4 is 0 Å². The minimum atomic E-state index is -0.685. The van der Waals surface area contributed by atoms with Gasteiger partial charge >= 0.3 is 0 Å². The van der Waals surface area contributed by atoms with Gasteiger partial charge in [-0.15, -0.1) is 0 Å². The van der Waals surface area contributed by atoms with Crippen molar-refractivity contribution in [2.75, 3.05) is 0 Å². The summed E-state index contributed by atoms with van der Waals surface area (Å²) in [5, 5.41) is -0.434. The van der Waals surface area contributed by atoms with Gasteiger partial charge in [-0.2, -0.15) is 0 Å². The van der Waals surface area contributed by atoms with Crippen molar-refractivity contribution in [2.45, 2.75) is 0 Å². The van der Waals surface area contributed by atoms with Gasteiger partial charge in [0.2, 0.25) is 0 Å². The van der Waals surface area contributed by atoms with Crippen LogP contribution in [0.25, 0.3) is 0 Å². The number of rotatable bonds is 2. The van der Waals surface area contributed by atoms with Crippen molar-refractivity contribution in [1.29, 1.82) is 0 Å². The summed E-state index contributed by atoms with van der Waals surface area (Å²) in [6.07, 6.45) is 0. The molecule has 2 aromatic carbocycles. The van der Waals surface area contributed by atoms with Crippen LogP contribution in [0.1, 0.15) is 15.9 Å². The van der Waals surface area contributed by atoms with Crippen LogP contribution in [-0.4, -0.2) is 5.78 Å². The van der Waals surface area contributed by atoms with Crippen molar-refractivity contribution < 1.29 is 13.6 Å². The Bertz CT molecular complexity index is 626. The van der Waals surface area contributed by atoms with Gasteiger partial charge in [-0.3, -0.25) is 4.79 Å². The molecule has 0 aliphatic rings. The van der Waals surface area contributed by atoms with Crippen molar-refractivity contribution >= 4 is 29.0 Å². The first-order chi connectivity index (χ1) is 8.50. The van der Waals surface area contributed by atoms with Crippen molar-refractivity contribution in [3.8, 4) is 0 Å². The lowest BCUT2D eigenvalue weighted by molar-refractivity contribution is 0.103. The van der Waals surface area contributed by atoms with E-state index in [0.29, 0.717) is 0 Å². The molecule has 0 amide bonds. The number of benzene rings is 2. The quantitative estimate of drug-likeness (QED) is 0.743. The molecule has 0 fully saturated rings. The zero-order valence-corrected chi connectivity index (χ0v) is 10.4. The van der Waals surface area contributed by atoms with E-state index in [1.54, 1.807) is 0 Å². The van der Waals surface area contributed by atoms with Gasteiger partial charge in [-0.1, -0.05) is 29.3 Å². The van der Waals surface area contributed by atoms with Crippen LogP contribution in [0.2, 0.25) is 10.0 Å². The van der Waals surface area contributed by atoms with E-state index >= 15 is 0 Å². The maximum atomic E-state index is 13.2. The summed E-state index contributed by atoms with van der Waals surface area (Å²) in [5.41, 5.74) is 0.160. The molecule has 0 aromatic heterocycles. The van der Waals surface area contributed by atoms with Gasteiger partial charge in [0, 0.05) is 11.1 Å². The molecule has 0 aliphatic heterocycles. The molecule has 0 unspecified atom stereocenters. The SMILES string of the molecule is O=C(c1ccc(F)c(Cl)c1)c1cccc(F)c1Cl. The smallest absolute Gasteiger partial charge is 0.194 e. The molecule has 0 saturated carbocycles. The largest absolute Gasteiger partial charge is 0.289 e. The standard InChI is InChI=1S/C13H6Cl2F2O/c14-9-6-7(4-5-10(9)16)13(18)8-2-1-3-11(17)12(8)15/h1-6H. The molecule has 1 nitrogen and oxygen atoms in total. The average molecular weight is 287 g/mol. The first-order valence-corrected chi connectivity index (χ1v) is 5.70. The Morgan fingerprint density at radius 2 is 1.72 bits per heavy atom. The highest BCUT2D eigenvalue weighted by atomic mass is 35.5. The molecule has 0 radical (unpaired) electrons. The van der Waals surface area contributed by atoms with Gasteiger partial charge in [0.15, 0.2) is 5.78 Å². The summed E-state index contributed by atoms with van der Waals surface area (Å²) in [7, 11) is 0. The minimum Gasteiger partial charge on any atom is -0.289 e.